The van der Waals surface area contributed by atoms with E-state index in [1.165, 1.54) is 4.68 Å². The summed E-state index contributed by atoms with van der Waals surface area (Å²) in [4.78, 5) is 28.1. The molecular weight excluding hydrogens is 270 g/mol. The Hall–Kier alpha value is -2.70. The van der Waals surface area contributed by atoms with E-state index in [1.807, 2.05) is 25.1 Å². The molecular formula is C14H15N5O2. The molecule has 0 radical (unpaired) electrons. The third-order valence-corrected chi connectivity index (χ3v) is 3.26. The van der Waals surface area contributed by atoms with Crippen LogP contribution in [0.4, 0.5) is 11.6 Å². The third-order valence-electron chi connectivity index (χ3n) is 3.26. The van der Waals surface area contributed by atoms with Gasteiger partial charge in [0.25, 0.3) is 5.91 Å². The minimum atomic E-state index is -0.642. The van der Waals surface area contributed by atoms with Crippen molar-refractivity contribution in [1.29, 1.82) is 0 Å². The van der Waals surface area contributed by atoms with Crippen LogP contribution in [0.15, 0.2) is 30.3 Å². The molecule has 108 valence electrons. The van der Waals surface area contributed by atoms with Crippen molar-refractivity contribution >= 4 is 23.5 Å². The number of hydrogen-bond donors (Lipinski definition) is 2. The highest BCUT2D eigenvalue weighted by Crippen LogP contribution is 2.25. The van der Waals surface area contributed by atoms with Gasteiger partial charge in [-0.2, -0.15) is 10.1 Å². The van der Waals surface area contributed by atoms with Gasteiger partial charge in [-0.05, 0) is 12.1 Å². The molecule has 7 nitrogen and oxygen atoms in total. The molecule has 1 aromatic carbocycles. The van der Waals surface area contributed by atoms with Crippen LogP contribution in [0.1, 0.15) is 25.2 Å². The molecule has 1 atom stereocenters. The van der Waals surface area contributed by atoms with E-state index in [4.69, 9.17) is 0 Å². The number of fused-ring (bicyclic) bond motifs is 1. The fourth-order valence-electron chi connectivity index (χ4n) is 2.21. The Morgan fingerprint density at radius 1 is 1.38 bits per heavy atom. The van der Waals surface area contributed by atoms with Gasteiger partial charge < -0.3 is 5.32 Å². The van der Waals surface area contributed by atoms with Crippen LogP contribution in [-0.2, 0) is 16.0 Å². The van der Waals surface area contributed by atoms with E-state index in [1.54, 1.807) is 12.1 Å². The van der Waals surface area contributed by atoms with Gasteiger partial charge >= 0.3 is 0 Å². The zero-order valence-corrected chi connectivity index (χ0v) is 11.5. The number of anilines is 2. The fraction of sp³-hybridized carbons (Fsp3) is 0.286. The Kier molecular flexibility index (Phi) is 3.39. The molecule has 1 aromatic heterocycles. The van der Waals surface area contributed by atoms with Crippen LogP contribution < -0.4 is 10.6 Å². The Balaban J connectivity index is 1.71. The molecule has 0 saturated carbocycles. The predicted octanol–water partition coefficient (Wildman–Crippen LogP) is 1.36. The molecule has 0 spiro atoms. The molecule has 2 amide bonds. The van der Waals surface area contributed by atoms with E-state index in [9.17, 15) is 9.59 Å². The van der Waals surface area contributed by atoms with Gasteiger partial charge in [-0.3, -0.25) is 14.9 Å². The molecule has 2 aromatic rings. The van der Waals surface area contributed by atoms with E-state index < -0.39 is 6.04 Å². The summed E-state index contributed by atoms with van der Waals surface area (Å²) in [6, 6.07) is 8.48. The number of nitrogens with zero attached hydrogens (tertiary/aromatic N) is 3. The van der Waals surface area contributed by atoms with Gasteiger partial charge in [0.15, 0.2) is 5.82 Å². The normalized spacial score (nSPS) is 16.4. The van der Waals surface area contributed by atoms with Crippen LogP contribution in [0.2, 0.25) is 0 Å². The lowest BCUT2D eigenvalue weighted by molar-refractivity contribution is -0.123. The second kappa shape index (κ2) is 5.35. The Bertz CT molecular complexity index is 680. The number of aryl methyl sites for hydroxylation is 1. The summed E-state index contributed by atoms with van der Waals surface area (Å²) in [5.41, 5.74) is 0.703. The van der Waals surface area contributed by atoms with Crippen molar-refractivity contribution in [3.63, 3.8) is 0 Å². The molecule has 7 heteroatoms. The first kappa shape index (κ1) is 13.3. The van der Waals surface area contributed by atoms with Crippen LogP contribution in [0.3, 0.4) is 0 Å². The van der Waals surface area contributed by atoms with E-state index in [-0.39, 0.29) is 18.2 Å². The molecule has 2 heterocycles. The number of carbonyl (C=O) groups excluding carboxylic acids is 2. The monoisotopic (exact) mass is 285 g/mol. The first-order valence-corrected chi connectivity index (χ1v) is 6.78. The predicted molar refractivity (Wildman–Crippen MR) is 76.8 cm³/mol. The third kappa shape index (κ3) is 2.62. The topological polar surface area (TPSA) is 88.9 Å². The summed E-state index contributed by atoms with van der Waals surface area (Å²) in [6.45, 7) is 1.93. The van der Waals surface area contributed by atoms with Gasteiger partial charge in [-0.15, -0.1) is 0 Å². The van der Waals surface area contributed by atoms with Crippen molar-refractivity contribution in [2.45, 2.75) is 25.8 Å². The summed E-state index contributed by atoms with van der Waals surface area (Å²) in [7, 11) is 0. The van der Waals surface area contributed by atoms with Gasteiger partial charge in [-0.25, -0.2) is 4.68 Å². The number of rotatable bonds is 4. The highest BCUT2D eigenvalue weighted by atomic mass is 16.2. The van der Waals surface area contributed by atoms with Gasteiger partial charge in [0, 0.05) is 12.1 Å². The highest BCUT2D eigenvalue weighted by molar-refractivity contribution is 6.00. The minimum Gasteiger partial charge on any atom is -0.326 e. The van der Waals surface area contributed by atoms with E-state index in [2.05, 4.69) is 20.7 Å². The zero-order valence-electron chi connectivity index (χ0n) is 11.5. The maximum Gasteiger partial charge on any atom is 0.252 e. The summed E-state index contributed by atoms with van der Waals surface area (Å²) in [6.07, 6.45) is 0.707. The number of aromatic nitrogens is 3. The number of carbonyl (C=O) groups is 2. The van der Waals surface area contributed by atoms with Crippen LogP contribution in [0.5, 0.6) is 0 Å². The maximum absolute atomic E-state index is 12.0. The summed E-state index contributed by atoms with van der Waals surface area (Å²) in [5.74, 6) is 0.575. The van der Waals surface area contributed by atoms with Crippen molar-refractivity contribution in [3.8, 4) is 0 Å². The number of nitrogens with one attached hydrogen (secondary N) is 2. The van der Waals surface area contributed by atoms with Crippen LogP contribution in [0.25, 0.3) is 0 Å². The van der Waals surface area contributed by atoms with E-state index >= 15 is 0 Å². The van der Waals surface area contributed by atoms with E-state index in [0.717, 1.165) is 0 Å². The molecule has 21 heavy (non-hydrogen) atoms. The number of hydrogen-bond acceptors (Lipinski definition) is 4. The average Bonchev–Trinajstić information content (AvgIpc) is 2.99. The fourth-order valence-corrected chi connectivity index (χ4v) is 2.21. The molecule has 0 saturated heterocycles. The highest BCUT2D eigenvalue weighted by Gasteiger charge is 2.34. The molecule has 0 unspecified atom stereocenters. The zero-order chi connectivity index (χ0) is 14.8. The molecule has 1 aliphatic rings. The second-order valence-corrected chi connectivity index (χ2v) is 4.77. The van der Waals surface area contributed by atoms with Gasteiger partial charge in [0.1, 0.15) is 6.04 Å². The maximum atomic E-state index is 12.0. The first-order chi connectivity index (χ1) is 10.2. The summed E-state index contributed by atoms with van der Waals surface area (Å²) in [5, 5.41) is 9.65. The standard InChI is InChI=1S/C14H15N5O2/c1-2-11-16-14-17-13(21)10(19(14)18-11)8-12(20)15-9-6-4-3-5-7-9/h3-7,10H,2,8H2,1H3,(H,15,20)(H,16,17,18,21)/t10-/m0/s1. The average molecular weight is 285 g/mol. The van der Waals surface area contributed by atoms with Gasteiger partial charge in [-0.1, -0.05) is 25.1 Å². The Morgan fingerprint density at radius 3 is 2.86 bits per heavy atom. The van der Waals surface area contributed by atoms with Crippen LogP contribution in [0, 0.1) is 0 Å². The molecule has 2 N–H and O–H groups in total. The van der Waals surface area contributed by atoms with Crippen molar-refractivity contribution in [2.24, 2.45) is 0 Å². The second-order valence-electron chi connectivity index (χ2n) is 4.77. The lowest BCUT2D eigenvalue weighted by atomic mass is 10.2. The lowest BCUT2D eigenvalue weighted by Gasteiger charge is -2.09. The quantitative estimate of drug-likeness (QED) is 0.887. The van der Waals surface area contributed by atoms with E-state index in [0.29, 0.717) is 23.9 Å². The smallest absolute Gasteiger partial charge is 0.252 e. The molecule has 0 aliphatic carbocycles. The molecule has 0 fully saturated rings. The van der Waals surface area contributed by atoms with Gasteiger partial charge in [0.2, 0.25) is 11.9 Å². The van der Waals surface area contributed by atoms with Crippen molar-refractivity contribution in [1.82, 2.24) is 14.8 Å². The van der Waals surface area contributed by atoms with Crippen molar-refractivity contribution < 1.29 is 9.59 Å². The lowest BCUT2D eigenvalue weighted by Crippen LogP contribution is -2.23. The van der Waals surface area contributed by atoms with Gasteiger partial charge in [0.05, 0.1) is 6.42 Å². The molecule has 1 aliphatic heterocycles. The SMILES string of the molecule is CCc1nc2n(n1)[C@@H](CC(=O)Nc1ccccc1)C(=O)N2. The summed E-state index contributed by atoms with van der Waals surface area (Å²) >= 11 is 0. The minimum absolute atomic E-state index is 0.0280. The summed E-state index contributed by atoms with van der Waals surface area (Å²) < 4.78 is 1.49. The Labute approximate surface area is 121 Å². The van der Waals surface area contributed by atoms with Crippen LogP contribution in [-0.4, -0.2) is 26.6 Å². The number of amides is 2. The van der Waals surface area contributed by atoms with Crippen molar-refractivity contribution in [3.05, 3.63) is 36.2 Å². The first-order valence-electron chi connectivity index (χ1n) is 6.78. The van der Waals surface area contributed by atoms with Crippen molar-refractivity contribution in [2.75, 3.05) is 10.6 Å². The number of benzene rings is 1. The number of para-hydroxylation sites is 1. The largest absolute Gasteiger partial charge is 0.326 e. The Morgan fingerprint density at radius 2 is 2.14 bits per heavy atom. The molecule has 3 rings (SSSR count). The molecule has 0 bridgehead atoms. The van der Waals surface area contributed by atoms with Crippen LogP contribution >= 0.6 is 0 Å².